The SMILES string of the molecule is CCn1c(SCC(=O)Nc2ccc([N+](=O)[O-])cc2)nnc1-c1ccc(O)cc1. The van der Waals surface area contributed by atoms with E-state index >= 15 is 0 Å². The number of anilines is 1. The van der Waals surface area contributed by atoms with Crippen LogP contribution in [0.3, 0.4) is 0 Å². The molecule has 0 atom stereocenters. The monoisotopic (exact) mass is 399 g/mol. The molecular formula is C18H17N5O4S. The molecule has 1 amide bonds. The van der Waals surface area contributed by atoms with E-state index in [1.165, 1.54) is 36.0 Å². The summed E-state index contributed by atoms with van der Waals surface area (Å²) >= 11 is 1.25. The highest BCUT2D eigenvalue weighted by molar-refractivity contribution is 7.99. The van der Waals surface area contributed by atoms with Crippen molar-refractivity contribution in [3.8, 4) is 17.1 Å². The van der Waals surface area contributed by atoms with Gasteiger partial charge in [-0.2, -0.15) is 0 Å². The van der Waals surface area contributed by atoms with Crippen molar-refractivity contribution in [2.24, 2.45) is 0 Å². The molecule has 0 saturated carbocycles. The van der Waals surface area contributed by atoms with Gasteiger partial charge in [0, 0.05) is 29.9 Å². The van der Waals surface area contributed by atoms with Gasteiger partial charge in [-0.1, -0.05) is 11.8 Å². The molecule has 0 saturated heterocycles. The van der Waals surface area contributed by atoms with Crippen LogP contribution in [0.15, 0.2) is 53.7 Å². The van der Waals surface area contributed by atoms with Gasteiger partial charge < -0.3 is 15.0 Å². The van der Waals surface area contributed by atoms with Crippen LogP contribution in [0.25, 0.3) is 11.4 Å². The van der Waals surface area contributed by atoms with Gasteiger partial charge in [-0.15, -0.1) is 10.2 Å². The molecule has 3 aromatic rings. The zero-order valence-corrected chi connectivity index (χ0v) is 15.7. The second-order valence-corrected chi connectivity index (χ2v) is 6.68. The van der Waals surface area contributed by atoms with Crippen molar-refractivity contribution in [2.45, 2.75) is 18.6 Å². The Balaban J connectivity index is 1.64. The minimum absolute atomic E-state index is 0.0369. The number of amides is 1. The molecule has 0 spiro atoms. The zero-order valence-electron chi connectivity index (χ0n) is 14.9. The number of nitro groups is 1. The number of aromatic nitrogens is 3. The second-order valence-electron chi connectivity index (χ2n) is 5.74. The zero-order chi connectivity index (χ0) is 20.1. The van der Waals surface area contributed by atoms with E-state index in [0.29, 0.717) is 23.2 Å². The summed E-state index contributed by atoms with van der Waals surface area (Å²) in [6.45, 7) is 2.57. The smallest absolute Gasteiger partial charge is 0.269 e. The molecule has 28 heavy (non-hydrogen) atoms. The van der Waals surface area contributed by atoms with Crippen LogP contribution >= 0.6 is 11.8 Å². The van der Waals surface area contributed by atoms with E-state index in [0.717, 1.165) is 5.56 Å². The Kier molecular flexibility index (Phi) is 5.90. The lowest BCUT2D eigenvalue weighted by Crippen LogP contribution is -2.14. The number of benzene rings is 2. The number of aromatic hydroxyl groups is 1. The highest BCUT2D eigenvalue weighted by Gasteiger charge is 2.15. The fourth-order valence-corrected chi connectivity index (χ4v) is 3.30. The Labute approximate surface area is 164 Å². The quantitative estimate of drug-likeness (QED) is 0.355. The average molecular weight is 399 g/mol. The topological polar surface area (TPSA) is 123 Å². The second kappa shape index (κ2) is 8.53. The van der Waals surface area contributed by atoms with Crippen molar-refractivity contribution >= 4 is 29.0 Å². The average Bonchev–Trinajstić information content (AvgIpc) is 3.10. The van der Waals surface area contributed by atoms with Crippen molar-refractivity contribution in [1.82, 2.24) is 14.8 Å². The van der Waals surface area contributed by atoms with Gasteiger partial charge in [0.15, 0.2) is 11.0 Å². The lowest BCUT2D eigenvalue weighted by molar-refractivity contribution is -0.384. The first-order valence-electron chi connectivity index (χ1n) is 8.37. The van der Waals surface area contributed by atoms with Gasteiger partial charge in [-0.05, 0) is 43.3 Å². The van der Waals surface area contributed by atoms with Crippen LogP contribution in [0.1, 0.15) is 6.92 Å². The number of nitrogens with zero attached hydrogens (tertiary/aromatic N) is 4. The van der Waals surface area contributed by atoms with Crippen molar-refractivity contribution < 1.29 is 14.8 Å². The fraction of sp³-hybridized carbons (Fsp3) is 0.167. The number of non-ortho nitro benzene ring substituents is 1. The van der Waals surface area contributed by atoms with Gasteiger partial charge in [0.05, 0.1) is 10.7 Å². The van der Waals surface area contributed by atoms with E-state index in [1.54, 1.807) is 24.3 Å². The van der Waals surface area contributed by atoms with Gasteiger partial charge in [0.1, 0.15) is 5.75 Å². The van der Waals surface area contributed by atoms with Crippen LogP contribution < -0.4 is 5.32 Å². The number of nitro benzene ring substituents is 1. The molecule has 9 nitrogen and oxygen atoms in total. The highest BCUT2D eigenvalue weighted by atomic mass is 32.2. The molecule has 2 N–H and O–H groups in total. The lowest BCUT2D eigenvalue weighted by Gasteiger charge is -2.08. The molecule has 1 aromatic heterocycles. The number of carbonyl (C=O) groups excluding carboxylic acids is 1. The molecule has 0 unspecified atom stereocenters. The Hall–Kier alpha value is -3.40. The lowest BCUT2D eigenvalue weighted by atomic mass is 10.2. The van der Waals surface area contributed by atoms with Crippen molar-refractivity contribution in [2.75, 3.05) is 11.1 Å². The molecule has 0 aliphatic heterocycles. The van der Waals surface area contributed by atoms with Crippen LogP contribution in [-0.2, 0) is 11.3 Å². The number of thioether (sulfide) groups is 1. The van der Waals surface area contributed by atoms with Crippen LogP contribution in [-0.4, -0.2) is 36.5 Å². The van der Waals surface area contributed by atoms with Crippen LogP contribution in [0, 0.1) is 10.1 Å². The molecule has 0 aliphatic carbocycles. The maximum Gasteiger partial charge on any atom is 0.269 e. The van der Waals surface area contributed by atoms with Crippen LogP contribution in [0.5, 0.6) is 5.75 Å². The van der Waals surface area contributed by atoms with Crippen LogP contribution in [0.4, 0.5) is 11.4 Å². The molecule has 0 aliphatic rings. The Bertz CT molecular complexity index is 986. The van der Waals surface area contributed by atoms with Crippen molar-refractivity contribution in [1.29, 1.82) is 0 Å². The Morgan fingerprint density at radius 1 is 1.18 bits per heavy atom. The number of carbonyl (C=O) groups is 1. The van der Waals surface area contributed by atoms with Crippen LogP contribution in [0.2, 0.25) is 0 Å². The number of nitrogens with one attached hydrogen (secondary N) is 1. The first-order valence-corrected chi connectivity index (χ1v) is 9.36. The summed E-state index contributed by atoms with van der Waals surface area (Å²) in [6, 6.07) is 12.3. The normalized spacial score (nSPS) is 10.6. The standard InChI is InChI=1S/C18H17N5O4S/c1-2-22-17(12-3-9-15(24)10-4-12)20-21-18(22)28-11-16(25)19-13-5-7-14(8-6-13)23(26)27/h3-10,24H,2,11H2,1H3,(H,19,25). The first-order chi connectivity index (χ1) is 13.5. The van der Waals surface area contributed by atoms with E-state index in [-0.39, 0.29) is 23.1 Å². The molecule has 2 aromatic carbocycles. The van der Waals surface area contributed by atoms with Gasteiger partial charge in [0.25, 0.3) is 5.69 Å². The fourth-order valence-electron chi connectivity index (χ4n) is 2.50. The molecule has 0 radical (unpaired) electrons. The summed E-state index contributed by atoms with van der Waals surface area (Å²) < 4.78 is 1.89. The third-order valence-corrected chi connectivity index (χ3v) is 4.82. The molecule has 1 heterocycles. The first kappa shape index (κ1) is 19.4. The number of phenols is 1. The minimum Gasteiger partial charge on any atom is -0.508 e. The summed E-state index contributed by atoms with van der Waals surface area (Å²) in [5.74, 6) is 0.685. The van der Waals surface area contributed by atoms with E-state index in [1.807, 2.05) is 11.5 Å². The molecule has 144 valence electrons. The van der Waals surface area contributed by atoms with Gasteiger partial charge in [0.2, 0.25) is 5.91 Å². The molecule has 0 bridgehead atoms. The Morgan fingerprint density at radius 3 is 2.46 bits per heavy atom. The maximum atomic E-state index is 12.2. The van der Waals surface area contributed by atoms with E-state index in [9.17, 15) is 20.0 Å². The highest BCUT2D eigenvalue weighted by Crippen LogP contribution is 2.25. The van der Waals surface area contributed by atoms with E-state index in [4.69, 9.17) is 0 Å². The predicted octanol–water partition coefficient (Wildman–Crippen LogP) is 3.31. The van der Waals surface area contributed by atoms with Gasteiger partial charge >= 0.3 is 0 Å². The third-order valence-electron chi connectivity index (χ3n) is 3.85. The molecule has 10 heteroatoms. The number of rotatable bonds is 7. The molecular weight excluding hydrogens is 382 g/mol. The van der Waals surface area contributed by atoms with Gasteiger partial charge in [-0.3, -0.25) is 14.9 Å². The van der Waals surface area contributed by atoms with Crippen molar-refractivity contribution in [3.05, 3.63) is 58.6 Å². The third kappa shape index (κ3) is 4.46. The summed E-state index contributed by atoms with van der Waals surface area (Å²) in [5.41, 5.74) is 1.26. The minimum atomic E-state index is -0.495. The number of phenolic OH excluding ortho intramolecular Hbond substituents is 1. The largest absolute Gasteiger partial charge is 0.508 e. The van der Waals surface area contributed by atoms with Crippen molar-refractivity contribution in [3.63, 3.8) is 0 Å². The summed E-state index contributed by atoms with van der Waals surface area (Å²) in [7, 11) is 0. The molecule has 3 rings (SSSR count). The summed E-state index contributed by atoms with van der Waals surface area (Å²) in [6.07, 6.45) is 0. The number of hydrogen-bond acceptors (Lipinski definition) is 7. The molecule has 0 fully saturated rings. The summed E-state index contributed by atoms with van der Waals surface area (Å²) in [5, 5.41) is 31.7. The van der Waals surface area contributed by atoms with E-state index < -0.39 is 4.92 Å². The van der Waals surface area contributed by atoms with E-state index in [2.05, 4.69) is 15.5 Å². The summed E-state index contributed by atoms with van der Waals surface area (Å²) in [4.78, 5) is 22.3. The predicted molar refractivity (Wildman–Crippen MR) is 105 cm³/mol. The maximum absolute atomic E-state index is 12.2. The Morgan fingerprint density at radius 2 is 1.86 bits per heavy atom. The number of hydrogen-bond donors (Lipinski definition) is 2. The van der Waals surface area contributed by atoms with Gasteiger partial charge in [-0.25, -0.2) is 0 Å².